The Morgan fingerprint density at radius 3 is 2.31 bits per heavy atom. The molecule has 0 aliphatic heterocycles. The molecule has 0 heterocycles. The van der Waals surface area contributed by atoms with Crippen molar-refractivity contribution in [3.8, 4) is 11.5 Å². The zero-order valence-electron chi connectivity index (χ0n) is 8.27. The number of rotatable bonds is 1. The van der Waals surface area contributed by atoms with Crippen molar-refractivity contribution in [2.75, 3.05) is 0 Å². The molecule has 0 aliphatic carbocycles. The molecule has 82 valence electrons. The van der Waals surface area contributed by atoms with E-state index >= 15 is 0 Å². The molecule has 0 aliphatic rings. The number of fused-ring (bicyclic) bond motifs is 1. The highest BCUT2D eigenvalue weighted by Crippen LogP contribution is 2.30. The third-order valence-electron chi connectivity index (χ3n) is 2.33. The van der Waals surface area contributed by atoms with Crippen molar-refractivity contribution < 1.29 is 15.0 Å². The summed E-state index contributed by atoms with van der Waals surface area (Å²) in [5, 5.41) is 20.0. The van der Waals surface area contributed by atoms with E-state index in [0.717, 1.165) is 5.39 Å². The van der Waals surface area contributed by atoms with Crippen LogP contribution in [-0.4, -0.2) is 16.1 Å². The van der Waals surface area contributed by atoms with Crippen LogP contribution in [0, 0.1) is 0 Å². The molecule has 0 saturated heterocycles. The number of nitrogens with two attached hydrogens (primary N) is 1. The normalized spacial score (nSPS) is 10.3. The van der Waals surface area contributed by atoms with Crippen LogP contribution < -0.4 is 11.3 Å². The van der Waals surface area contributed by atoms with Gasteiger partial charge in [-0.05, 0) is 35.0 Å². The van der Waals surface area contributed by atoms with Gasteiger partial charge in [-0.1, -0.05) is 6.07 Å². The van der Waals surface area contributed by atoms with Crippen LogP contribution in [0.2, 0.25) is 0 Å². The Hall–Kier alpha value is -2.27. The third-order valence-corrected chi connectivity index (χ3v) is 2.33. The molecule has 16 heavy (non-hydrogen) atoms. The third kappa shape index (κ3) is 1.64. The monoisotopic (exact) mass is 218 g/mol. The molecule has 0 bridgehead atoms. The van der Waals surface area contributed by atoms with Crippen LogP contribution >= 0.6 is 0 Å². The highest BCUT2D eigenvalue weighted by molar-refractivity contribution is 5.98. The minimum absolute atomic E-state index is 0.191. The smallest absolute Gasteiger partial charge is 0.265 e. The van der Waals surface area contributed by atoms with Gasteiger partial charge in [-0.2, -0.15) is 0 Å². The highest BCUT2D eigenvalue weighted by atomic mass is 16.3. The second kappa shape index (κ2) is 3.71. The van der Waals surface area contributed by atoms with E-state index in [1.165, 1.54) is 12.1 Å². The first-order valence-corrected chi connectivity index (χ1v) is 4.58. The van der Waals surface area contributed by atoms with Crippen LogP contribution in [-0.2, 0) is 0 Å². The first-order chi connectivity index (χ1) is 7.61. The van der Waals surface area contributed by atoms with Gasteiger partial charge in [0.25, 0.3) is 5.91 Å². The minimum Gasteiger partial charge on any atom is -0.504 e. The summed E-state index contributed by atoms with van der Waals surface area (Å²) in [4.78, 5) is 11.3. The molecule has 0 saturated carbocycles. The SMILES string of the molecule is NNC(=O)c1ccc2cc(O)c(O)cc2c1. The Morgan fingerprint density at radius 1 is 1.06 bits per heavy atom. The van der Waals surface area contributed by atoms with E-state index < -0.39 is 5.91 Å². The fourth-order valence-corrected chi connectivity index (χ4v) is 1.50. The Balaban J connectivity index is 2.62. The summed E-state index contributed by atoms with van der Waals surface area (Å²) in [6.45, 7) is 0. The predicted octanol–water partition coefficient (Wildman–Crippen LogP) is 0.854. The number of nitrogen functional groups attached to an aromatic ring is 1. The quantitative estimate of drug-likeness (QED) is 0.247. The van der Waals surface area contributed by atoms with Gasteiger partial charge in [0.1, 0.15) is 0 Å². The molecule has 2 rings (SSSR count). The summed E-state index contributed by atoms with van der Waals surface area (Å²) >= 11 is 0. The van der Waals surface area contributed by atoms with Gasteiger partial charge >= 0.3 is 0 Å². The summed E-state index contributed by atoms with van der Waals surface area (Å²) in [6.07, 6.45) is 0. The van der Waals surface area contributed by atoms with Crippen molar-refractivity contribution in [3.05, 3.63) is 35.9 Å². The van der Waals surface area contributed by atoms with E-state index in [1.54, 1.807) is 18.2 Å². The molecule has 0 radical (unpaired) electrons. The summed E-state index contributed by atoms with van der Waals surface area (Å²) < 4.78 is 0. The number of phenolic OH excluding ortho intramolecular Hbond substituents is 2. The van der Waals surface area contributed by atoms with Crippen LogP contribution in [0.1, 0.15) is 10.4 Å². The molecule has 0 spiro atoms. The zero-order chi connectivity index (χ0) is 11.7. The largest absolute Gasteiger partial charge is 0.504 e. The number of hydrogen-bond acceptors (Lipinski definition) is 4. The van der Waals surface area contributed by atoms with E-state index in [2.05, 4.69) is 0 Å². The Kier molecular flexibility index (Phi) is 2.38. The van der Waals surface area contributed by atoms with Gasteiger partial charge in [0, 0.05) is 5.56 Å². The molecule has 0 aromatic heterocycles. The Labute approximate surface area is 91.1 Å². The van der Waals surface area contributed by atoms with E-state index in [0.29, 0.717) is 10.9 Å². The fourth-order valence-electron chi connectivity index (χ4n) is 1.50. The van der Waals surface area contributed by atoms with Crippen LogP contribution in [0.4, 0.5) is 0 Å². The molecule has 5 nitrogen and oxygen atoms in total. The first-order valence-electron chi connectivity index (χ1n) is 4.58. The predicted molar refractivity (Wildman–Crippen MR) is 58.9 cm³/mol. The van der Waals surface area contributed by atoms with Crippen molar-refractivity contribution in [1.29, 1.82) is 0 Å². The van der Waals surface area contributed by atoms with Gasteiger partial charge in [-0.15, -0.1) is 0 Å². The minimum atomic E-state index is -0.408. The Bertz CT molecular complexity index is 566. The number of nitrogens with one attached hydrogen (secondary N) is 1. The molecule has 1 amide bonds. The number of carbonyl (C=O) groups is 1. The molecule has 2 aromatic carbocycles. The van der Waals surface area contributed by atoms with Gasteiger partial charge in [0.15, 0.2) is 11.5 Å². The van der Waals surface area contributed by atoms with Crippen LogP contribution in [0.5, 0.6) is 11.5 Å². The number of aromatic hydroxyl groups is 2. The average Bonchev–Trinajstić information content (AvgIpc) is 2.29. The number of benzene rings is 2. The molecule has 0 atom stereocenters. The number of phenols is 2. The summed E-state index contributed by atoms with van der Waals surface area (Å²) in [6, 6.07) is 7.64. The first kappa shape index (κ1) is 10.3. The van der Waals surface area contributed by atoms with Gasteiger partial charge in [-0.25, -0.2) is 5.84 Å². The van der Waals surface area contributed by atoms with Crippen LogP contribution in [0.3, 0.4) is 0 Å². The lowest BCUT2D eigenvalue weighted by Gasteiger charge is -2.04. The lowest BCUT2D eigenvalue weighted by atomic mass is 10.1. The molecule has 0 unspecified atom stereocenters. The lowest BCUT2D eigenvalue weighted by Crippen LogP contribution is -2.29. The number of carbonyl (C=O) groups excluding carboxylic acids is 1. The van der Waals surface area contributed by atoms with Crippen LogP contribution in [0.25, 0.3) is 10.8 Å². The summed E-state index contributed by atoms with van der Waals surface area (Å²) in [7, 11) is 0. The van der Waals surface area contributed by atoms with Gasteiger partial charge < -0.3 is 10.2 Å². The standard InChI is InChI=1S/C11H10N2O3/c12-13-11(16)7-2-1-6-4-9(14)10(15)5-8(6)3-7/h1-5,14-15H,12H2,(H,13,16). The van der Waals surface area contributed by atoms with Crippen molar-refractivity contribution in [2.45, 2.75) is 0 Å². The number of hydrazine groups is 1. The summed E-state index contributed by atoms with van der Waals surface area (Å²) in [5.41, 5.74) is 2.41. The van der Waals surface area contributed by atoms with Gasteiger partial charge in [-0.3, -0.25) is 10.2 Å². The maximum absolute atomic E-state index is 11.3. The van der Waals surface area contributed by atoms with E-state index in [9.17, 15) is 15.0 Å². The molecule has 5 heteroatoms. The van der Waals surface area contributed by atoms with Crippen molar-refractivity contribution in [2.24, 2.45) is 5.84 Å². The van der Waals surface area contributed by atoms with E-state index in [1.807, 2.05) is 5.43 Å². The van der Waals surface area contributed by atoms with Gasteiger partial charge in [0.2, 0.25) is 0 Å². The number of hydrogen-bond donors (Lipinski definition) is 4. The maximum Gasteiger partial charge on any atom is 0.265 e. The molecule has 5 N–H and O–H groups in total. The summed E-state index contributed by atoms with van der Waals surface area (Å²) in [5.74, 6) is 4.19. The maximum atomic E-state index is 11.3. The second-order valence-corrected chi connectivity index (χ2v) is 3.38. The van der Waals surface area contributed by atoms with Crippen molar-refractivity contribution >= 4 is 16.7 Å². The Morgan fingerprint density at radius 2 is 1.69 bits per heavy atom. The van der Waals surface area contributed by atoms with E-state index in [4.69, 9.17) is 5.84 Å². The van der Waals surface area contributed by atoms with Crippen LogP contribution in [0.15, 0.2) is 30.3 Å². The molecule has 2 aromatic rings. The molecule has 0 fully saturated rings. The molecular weight excluding hydrogens is 208 g/mol. The number of amides is 1. The molecular formula is C11H10N2O3. The van der Waals surface area contributed by atoms with Crippen molar-refractivity contribution in [1.82, 2.24) is 5.43 Å². The lowest BCUT2D eigenvalue weighted by molar-refractivity contribution is 0.0954. The van der Waals surface area contributed by atoms with E-state index in [-0.39, 0.29) is 11.5 Å². The topological polar surface area (TPSA) is 95.6 Å². The fraction of sp³-hybridized carbons (Fsp3) is 0. The van der Waals surface area contributed by atoms with Crippen molar-refractivity contribution in [3.63, 3.8) is 0 Å². The zero-order valence-corrected chi connectivity index (χ0v) is 8.27. The van der Waals surface area contributed by atoms with Gasteiger partial charge in [0.05, 0.1) is 0 Å². The average molecular weight is 218 g/mol. The second-order valence-electron chi connectivity index (χ2n) is 3.38. The highest BCUT2D eigenvalue weighted by Gasteiger charge is 2.06.